The number of β-amino-alcohol motifs (C(OH)–C–C–N with tert-alkyl or cyclic N) is 1. The molecule has 11 nitrogen and oxygen atoms in total. The number of hydrogen-bond acceptors (Lipinski definition) is 8. The van der Waals surface area contributed by atoms with Gasteiger partial charge in [0.2, 0.25) is 11.8 Å². The number of aliphatic hydroxyl groups excluding tert-OH is 1. The monoisotopic (exact) mass is 541 g/mol. The van der Waals surface area contributed by atoms with Crippen LogP contribution in [-0.4, -0.2) is 59.0 Å². The van der Waals surface area contributed by atoms with Crippen LogP contribution < -0.4 is 16.0 Å². The number of ketones is 1. The van der Waals surface area contributed by atoms with Crippen molar-refractivity contribution < 1.29 is 19.5 Å². The van der Waals surface area contributed by atoms with Crippen LogP contribution in [0.5, 0.6) is 0 Å². The first-order chi connectivity index (χ1) is 18.1. The molecule has 2 atom stereocenters. The predicted molar refractivity (Wildman–Crippen MR) is 145 cm³/mol. The Morgan fingerprint density at radius 1 is 1.29 bits per heavy atom. The quantitative estimate of drug-likeness (QED) is 0.0999. The molecule has 2 aromatic rings. The second-order valence-corrected chi connectivity index (χ2v) is 11.2. The molecular formula is C26H35N7O4S. The number of azide groups is 1. The first-order valence-corrected chi connectivity index (χ1v) is 13.5. The van der Waals surface area contributed by atoms with Gasteiger partial charge in [-0.15, -0.1) is 11.3 Å². The van der Waals surface area contributed by atoms with Gasteiger partial charge in [0, 0.05) is 50.4 Å². The highest BCUT2D eigenvalue weighted by molar-refractivity contribution is 7.13. The third kappa shape index (κ3) is 7.61. The van der Waals surface area contributed by atoms with Crippen molar-refractivity contribution in [1.82, 2.24) is 20.9 Å². The minimum atomic E-state index is -1.53. The molecule has 1 aliphatic heterocycles. The predicted octanol–water partition coefficient (Wildman–Crippen LogP) is 3.02. The molecule has 204 valence electrons. The molecule has 2 amide bonds. The van der Waals surface area contributed by atoms with E-state index in [4.69, 9.17) is 5.53 Å². The van der Waals surface area contributed by atoms with Gasteiger partial charge >= 0.3 is 0 Å². The van der Waals surface area contributed by atoms with Gasteiger partial charge in [-0.1, -0.05) is 43.2 Å². The number of rotatable bonds is 13. The Hall–Kier alpha value is -3.31. The van der Waals surface area contributed by atoms with Crippen LogP contribution >= 0.6 is 11.3 Å². The largest absolute Gasteiger partial charge is 0.392 e. The average molecular weight is 542 g/mol. The number of nitrogens with one attached hydrogen (secondary N) is 3. The van der Waals surface area contributed by atoms with Crippen molar-refractivity contribution in [2.45, 2.75) is 64.6 Å². The van der Waals surface area contributed by atoms with E-state index in [1.807, 2.05) is 50.5 Å². The number of aryl methyl sites for hydroxylation is 1. The molecule has 1 saturated heterocycles. The Morgan fingerprint density at radius 3 is 2.63 bits per heavy atom. The lowest BCUT2D eigenvalue weighted by Crippen LogP contribution is -2.59. The molecule has 3 rings (SSSR count). The molecular weight excluding hydrogens is 506 g/mol. The molecule has 1 fully saturated rings. The van der Waals surface area contributed by atoms with E-state index in [2.05, 4.69) is 31.0 Å². The highest BCUT2D eigenvalue weighted by Crippen LogP contribution is 2.30. The van der Waals surface area contributed by atoms with Gasteiger partial charge in [-0.25, -0.2) is 4.98 Å². The second kappa shape index (κ2) is 13.0. The van der Waals surface area contributed by atoms with Crippen LogP contribution in [0.3, 0.4) is 0 Å². The average Bonchev–Trinajstić information content (AvgIpc) is 3.50. The third-order valence-corrected chi connectivity index (χ3v) is 7.57. The molecule has 12 heteroatoms. The first-order valence-electron chi connectivity index (χ1n) is 12.6. The van der Waals surface area contributed by atoms with Crippen molar-refractivity contribution in [3.05, 3.63) is 51.5 Å². The number of amides is 2. The lowest BCUT2D eigenvalue weighted by molar-refractivity contribution is -0.139. The Labute approximate surface area is 226 Å². The van der Waals surface area contributed by atoms with E-state index in [0.29, 0.717) is 6.42 Å². The van der Waals surface area contributed by atoms with E-state index in [1.54, 1.807) is 11.3 Å². The summed E-state index contributed by atoms with van der Waals surface area (Å²) in [4.78, 5) is 46.9. The molecule has 0 aliphatic carbocycles. The molecule has 1 aliphatic rings. The van der Waals surface area contributed by atoms with Crippen LogP contribution in [0.4, 0.5) is 0 Å². The van der Waals surface area contributed by atoms with E-state index in [1.165, 1.54) is 0 Å². The molecule has 1 aromatic carbocycles. The smallest absolute Gasteiger partial charge is 0.248 e. The van der Waals surface area contributed by atoms with Crippen LogP contribution in [0, 0.1) is 12.3 Å². The van der Waals surface area contributed by atoms with Gasteiger partial charge in [0.15, 0.2) is 11.3 Å². The maximum atomic E-state index is 13.5. The van der Waals surface area contributed by atoms with Crippen LogP contribution in [0.15, 0.2) is 34.9 Å². The number of nitrogens with zero attached hydrogens (tertiary/aromatic N) is 4. The van der Waals surface area contributed by atoms with Crippen LogP contribution in [-0.2, 0) is 20.9 Å². The molecule has 0 spiro atoms. The highest BCUT2D eigenvalue weighted by atomic mass is 32.1. The zero-order valence-electron chi connectivity index (χ0n) is 22.0. The van der Waals surface area contributed by atoms with Gasteiger partial charge in [0.05, 0.1) is 22.2 Å². The van der Waals surface area contributed by atoms with Gasteiger partial charge in [-0.05, 0) is 35.4 Å². The fourth-order valence-corrected chi connectivity index (χ4v) is 5.23. The summed E-state index contributed by atoms with van der Waals surface area (Å²) in [5.74, 6) is -0.999. The highest BCUT2D eigenvalue weighted by Gasteiger charge is 2.51. The Morgan fingerprint density at radius 2 is 2.03 bits per heavy atom. The molecule has 0 saturated carbocycles. The Kier molecular flexibility index (Phi) is 9.98. The normalized spacial score (nSPS) is 19.0. The van der Waals surface area contributed by atoms with E-state index >= 15 is 0 Å². The summed E-state index contributed by atoms with van der Waals surface area (Å²) in [5.41, 5.74) is 10.9. The van der Waals surface area contributed by atoms with Crippen LogP contribution in [0.2, 0.25) is 0 Å². The zero-order valence-corrected chi connectivity index (χ0v) is 22.8. The van der Waals surface area contributed by atoms with Gasteiger partial charge in [0.1, 0.15) is 0 Å². The van der Waals surface area contributed by atoms with E-state index in [0.717, 1.165) is 21.7 Å². The summed E-state index contributed by atoms with van der Waals surface area (Å²) in [5, 5.41) is 22.3. The van der Waals surface area contributed by atoms with E-state index in [-0.39, 0.29) is 57.1 Å². The summed E-state index contributed by atoms with van der Waals surface area (Å²) in [7, 11) is 0. The fourth-order valence-electron chi connectivity index (χ4n) is 4.42. The van der Waals surface area contributed by atoms with Gasteiger partial charge < -0.3 is 15.7 Å². The second-order valence-electron chi connectivity index (χ2n) is 10.4. The van der Waals surface area contributed by atoms with Crippen LogP contribution in [0.1, 0.15) is 50.8 Å². The first kappa shape index (κ1) is 29.2. The lowest BCUT2D eigenvalue weighted by atomic mass is 9.79. The summed E-state index contributed by atoms with van der Waals surface area (Å²) in [6.07, 6.45) is -0.141. The summed E-state index contributed by atoms with van der Waals surface area (Å²) in [6, 6.07) is 7.82. The maximum absolute atomic E-state index is 13.5. The fraction of sp³-hybridized carbons (Fsp3) is 0.538. The minimum Gasteiger partial charge on any atom is -0.392 e. The topological polar surface area (TPSA) is 169 Å². The van der Waals surface area contributed by atoms with Crippen LogP contribution in [0.25, 0.3) is 20.9 Å². The number of benzene rings is 1. The molecule has 1 unspecified atom stereocenters. The number of Topliss-reactive ketones (excluding diaryl/α,β-unsaturated/α-hetero) is 1. The van der Waals surface area contributed by atoms with E-state index < -0.39 is 23.0 Å². The molecule has 0 bridgehead atoms. The van der Waals surface area contributed by atoms with Crippen molar-refractivity contribution >= 4 is 28.9 Å². The number of carbonyl (C=O) groups excluding carboxylic acids is 3. The molecule has 2 heterocycles. The van der Waals surface area contributed by atoms with Gasteiger partial charge in [-0.3, -0.25) is 19.7 Å². The molecule has 38 heavy (non-hydrogen) atoms. The van der Waals surface area contributed by atoms with Gasteiger partial charge in [-0.2, -0.15) is 0 Å². The number of carbonyl (C=O) groups is 3. The maximum Gasteiger partial charge on any atom is 0.248 e. The number of aliphatic hydroxyl groups is 1. The summed E-state index contributed by atoms with van der Waals surface area (Å²) in [6.45, 7) is 6.51. The van der Waals surface area contributed by atoms with Gasteiger partial charge in [0.25, 0.3) is 0 Å². The number of thiazole rings is 1. The minimum absolute atomic E-state index is 0.0108. The Balaban J connectivity index is 1.59. The lowest BCUT2D eigenvalue weighted by Gasteiger charge is -2.32. The van der Waals surface area contributed by atoms with Crippen molar-refractivity contribution in [2.24, 2.45) is 10.5 Å². The van der Waals surface area contributed by atoms with Crippen molar-refractivity contribution in [3.63, 3.8) is 0 Å². The summed E-state index contributed by atoms with van der Waals surface area (Å²) >= 11 is 1.57. The third-order valence-electron chi connectivity index (χ3n) is 6.59. The molecule has 0 radical (unpaired) electrons. The molecule has 1 aromatic heterocycles. The van der Waals surface area contributed by atoms with Crippen molar-refractivity contribution in [1.29, 1.82) is 0 Å². The SMILES string of the molecule is Cc1ncsc1-c1ccc(CNC(=O)[C@@]2(C(=O)CC(C)(C)CNC(=O)CCCN=[N+]=[N-])CC(O)CN2)cc1. The standard InChI is InChI=1S/C26H35N7O4S/c1-17-23(38-16-30-17)19-8-6-18(7-9-19)13-28-24(37)26(11-20(34)14-31-26)21(35)12-25(2,3)15-29-22(36)5-4-10-32-33-27/h6-9,16,20,31,34H,4-5,10-15H2,1-3H3,(H,28,37)(H,29,36)/t20?,26-/m0/s1. The summed E-state index contributed by atoms with van der Waals surface area (Å²) < 4.78 is 0. The Bertz CT molecular complexity index is 1190. The molecule has 4 N–H and O–H groups in total. The van der Waals surface area contributed by atoms with Crippen molar-refractivity contribution in [2.75, 3.05) is 19.6 Å². The zero-order chi connectivity index (χ0) is 27.8. The number of hydrogen-bond donors (Lipinski definition) is 4. The van der Waals surface area contributed by atoms with E-state index in [9.17, 15) is 19.5 Å². The van der Waals surface area contributed by atoms with Crippen molar-refractivity contribution in [3.8, 4) is 10.4 Å². The number of aromatic nitrogens is 1.